The average molecular weight is 388 g/mol. The molecular weight excluding hydrogens is 369 g/mol. The van der Waals surface area contributed by atoms with E-state index in [1.165, 1.54) is 18.5 Å². The molecule has 0 bridgehead atoms. The molecule has 140 valence electrons. The number of nitrogens with zero attached hydrogens (tertiary/aromatic N) is 3. The molecule has 2 aromatic heterocycles. The molecule has 3 aromatic rings. The van der Waals surface area contributed by atoms with Gasteiger partial charge in [-0.1, -0.05) is 11.6 Å². The van der Waals surface area contributed by atoms with Gasteiger partial charge in [0.15, 0.2) is 0 Å². The van der Waals surface area contributed by atoms with Crippen molar-refractivity contribution in [3.63, 3.8) is 0 Å². The van der Waals surface area contributed by atoms with E-state index in [0.717, 1.165) is 36.9 Å². The van der Waals surface area contributed by atoms with E-state index in [-0.39, 0.29) is 17.2 Å². The van der Waals surface area contributed by atoms with Gasteiger partial charge in [0.1, 0.15) is 23.8 Å². The van der Waals surface area contributed by atoms with Crippen molar-refractivity contribution in [1.82, 2.24) is 15.0 Å². The number of hydrogen-bond donors (Lipinski definition) is 3. The van der Waals surface area contributed by atoms with Crippen molar-refractivity contribution in [2.24, 2.45) is 0 Å². The first-order valence-corrected chi connectivity index (χ1v) is 9.24. The van der Waals surface area contributed by atoms with Crippen LogP contribution in [0.1, 0.15) is 25.7 Å². The number of benzene rings is 1. The van der Waals surface area contributed by atoms with Crippen LogP contribution in [0.15, 0.2) is 36.8 Å². The lowest BCUT2D eigenvalue weighted by molar-refractivity contribution is 0.126. The van der Waals surface area contributed by atoms with E-state index in [0.29, 0.717) is 17.0 Å². The Morgan fingerprint density at radius 2 is 1.89 bits per heavy atom. The van der Waals surface area contributed by atoms with Gasteiger partial charge >= 0.3 is 0 Å². The van der Waals surface area contributed by atoms with Crippen LogP contribution in [0.2, 0.25) is 5.02 Å². The number of fused-ring (bicyclic) bond motifs is 1. The molecule has 1 fully saturated rings. The summed E-state index contributed by atoms with van der Waals surface area (Å²) in [7, 11) is 0. The molecule has 0 aliphatic heterocycles. The molecule has 0 saturated heterocycles. The summed E-state index contributed by atoms with van der Waals surface area (Å²) in [5.74, 6) is 0.856. The molecule has 8 heteroatoms. The van der Waals surface area contributed by atoms with Crippen LogP contribution in [-0.4, -0.2) is 32.2 Å². The predicted molar refractivity (Wildman–Crippen MR) is 104 cm³/mol. The van der Waals surface area contributed by atoms with Gasteiger partial charge in [0.25, 0.3) is 0 Å². The molecule has 6 nitrogen and oxygen atoms in total. The molecule has 1 saturated carbocycles. The van der Waals surface area contributed by atoms with Gasteiger partial charge in [0.05, 0.1) is 22.8 Å². The van der Waals surface area contributed by atoms with Crippen LogP contribution in [0.25, 0.3) is 10.9 Å². The summed E-state index contributed by atoms with van der Waals surface area (Å²) in [5, 5.41) is 17.1. The molecule has 1 aromatic carbocycles. The summed E-state index contributed by atoms with van der Waals surface area (Å²) in [6.45, 7) is 0. The maximum atomic E-state index is 13.4. The molecule has 2 heterocycles. The minimum Gasteiger partial charge on any atom is -0.393 e. The smallest absolute Gasteiger partial charge is 0.141 e. The van der Waals surface area contributed by atoms with E-state index in [1.54, 1.807) is 12.3 Å². The van der Waals surface area contributed by atoms with Crippen molar-refractivity contribution in [2.75, 3.05) is 10.6 Å². The highest BCUT2D eigenvalue weighted by Crippen LogP contribution is 2.28. The summed E-state index contributed by atoms with van der Waals surface area (Å²) < 4.78 is 13.4. The van der Waals surface area contributed by atoms with Crippen molar-refractivity contribution >= 4 is 39.8 Å². The molecule has 1 aliphatic rings. The Balaban J connectivity index is 1.60. The second-order valence-electron chi connectivity index (χ2n) is 6.71. The highest BCUT2D eigenvalue weighted by molar-refractivity contribution is 6.31. The molecule has 3 N–H and O–H groups in total. The molecule has 4 rings (SSSR count). The molecule has 27 heavy (non-hydrogen) atoms. The average Bonchev–Trinajstić information content (AvgIpc) is 2.67. The number of halogens is 2. The van der Waals surface area contributed by atoms with Gasteiger partial charge in [0, 0.05) is 17.1 Å². The number of aromatic nitrogens is 3. The van der Waals surface area contributed by atoms with Crippen LogP contribution < -0.4 is 10.6 Å². The van der Waals surface area contributed by atoms with Gasteiger partial charge < -0.3 is 15.7 Å². The van der Waals surface area contributed by atoms with Crippen molar-refractivity contribution in [3.8, 4) is 0 Å². The SMILES string of the molecule is O[C@H]1CC[C@H](Nc2cc3c(Nc4ccc(F)c(Cl)c4)ncnc3cn2)CC1. The number of pyridine rings is 1. The van der Waals surface area contributed by atoms with E-state index in [9.17, 15) is 9.50 Å². The minimum absolute atomic E-state index is 0.0434. The van der Waals surface area contributed by atoms with Gasteiger partial charge in [-0.15, -0.1) is 0 Å². The van der Waals surface area contributed by atoms with Crippen LogP contribution in [0, 0.1) is 5.82 Å². The summed E-state index contributed by atoms with van der Waals surface area (Å²) >= 11 is 5.86. The number of aliphatic hydroxyl groups is 1. The van der Waals surface area contributed by atoms with Crippen molar-refractivity contribution in [1.29, 1.82) is 0 Å². The zero-order chi connectivity index (χ0) is 18.8. The van der Waals surface area contributed by atoms with E-state index in [4.69, 9.17) is 11.6 Å². The van der Waals surface area contributed by atoms with E-state index in [2.05, 4.69) is 25.6 Å². The Bertz CT molecular complexity index is 962. The maximum absolute atomic E-state index is 13.4. The van der Waals surface area contributed by atoms with Crippen LogP contribution in [0.3, 0.4) is 0 Å². The highest BCUT2D eigenvalue weighted by Gasteiger charge is 2.19. The van der Waals surface area contributed by atoms with E-state index < -0.39 is 5.82 Å². The van der Waals surface area contributed by atoms with Crippen molar-refractivity contribution < 1.29 is 9.50 Å². The largest absolute Gasteiger partial charge is 0.393 e. The number of hydrogen-bond acceptors (Lipinski definition) is 6. The topological polar surface area (TPSA) is 83.0 Å². The standard InChI is InChI=1S/C19H19ClFN5O/c20-15-7-12(3-6-16(15)21)26-19-14-8-18(22-9-17(14)23-10-24-19)25-11-1-4-13(27)5-2-11/h3,6-11,13,27H,1-2,4-5H2,(H,22,25)(H,23,24,26)/t11-,13-. The normalized spacial score (nSPS) is 19.8. The number of anilines is 3. The Labute approximate surface area is 160 Å². The second kappa shape index (κ2) is 7.62. The Hall–Kier alpha value is -2.51. The summed E-state index contributed by atoms with van der Waals surface area (Å²) in [4.78, 5) is 13.0. The van der Waals surface area contributed by atoms with Gasteiger partial charge in [-0.25, -0.2) is 19.3 Å². The fourth-order valence-electron chi connectivity index (χ4n) is 3.28. The van der Waals surface area contributed by atoms with Gasteiger partial charge in [0.2, 0.25) is 0 Å². The molecule has 0 spiro atoms. The van der Waals surface area contributed by atoms with Gasteiger partial charge in [-0.2, -0.15) is 0 Å². The second-order valence-corrected chi connectivity index (χ2v) is 7.12. The third kappa shape index (κ3) is 4.09. The van der Waals surface area contributed by atoms with Crippen LogP contribution in [0.5, 0.6) is 0 Å². The van der Waals surface area contributed by atoms with Crippen LogP contribution in [-0.2, 0) is 0 Å². The Morgan fingerprint density at radius 3 is 2.67 bits per heavy atom. The van der Waals surface area contributed by atoms with Gasteiger partial charge in [-0.05, 0) is 49.9 Å². The first kappa shape index (κ1) is 17.9. The first-order valence-electron chi connectivity index (χ1n) is 8.86. The zero-order valence-corrected chi connectivity index (χ0v) is 15.2. The van der Waals surface area contributed by atoms with Gasteiger partial charge in [-0.3, -0.25) is 0 Å². The lowest BCUT2D eigenvalue weighted by Gasteiger charge is -2.26. The number of aliphatic hydroxyl groups excluding tert-OH is 1. The monoisotopic (exact) mass is 387 g/mol. The Kier molecular flexibility index (Phi) is 5.05. The molecule has 1 aliphatic carbocycles. The predicted octanol–water partition coefficient (Wildman–Crippen LogP) is 4.28. The highest BCUT2D eigenvalue weighted by atomic mass is 35.5. The zero-order valence-electron chi connectivity index (χ0n) is 14.5. The number of rotatable bonds is 4. The van der Waals surface area contributed by atoms with E-state index >= 15 is 0 Å². The summed E-state index contributed by atoms with van der Waals surface area (Å²) in [5.41, 5.74) is 1.33. The molecule has 0 atom stereocenters. The fourth-order valence-corrected chi connectivity index (χ4v) is 3.46. The molecule has 0 amide bonds. The van der Waals surface area contributed by atoms with Crippen LogP contribution in [0.4, 0.5) is 21.7 Å². The minimum atomic E-state index is -0.469. The third-order valence-corrected chi connectivity index (χ3v) is 5.04. The maximum Gasteiger partial charge on any atom is 0.141 e. The summed E-state index contributed by atoms with van der Waals surface area (Å²) in [6.07, 6.45) is 6.36. The number of nitrogens with one attached hydrogen (secondary N) is 2. The lowest BCUT2D eigenvalue weighted by atomic mass is 9.93. The Morgan fingerprint density at radius 1 is 1.07 bits per heavy atom. The van der Waals surface area contributed by atoms with Crippen molar-refractivity contribution in [2.45, 2.75) is 37.8 Å². The van der Waals surface area contributed by atoms with E-state index in [1.807, 2.05) is 6.07 Å². The fraction of sp³-hybridized carbons (Fsp3) is 0.316. The van der Waals surface area contributed by atoms with Crippen molar-refractivity contribution in [3.05, 3.63) is 47.6 Å². The summed E-state index contributed by atoms with van der Waals surface area (Å²) in [6, 6.07) is 6.60. The quantitative estimate of drug-likeness (QED) is 0.620. The molecule has 0 radical (unpaired) electrons. The molecular formula is C19H19ClFN5O. The first-order chi connectivity index (χ1) is 13.1. The lowest BCUT2D eigenvalue weighted by Crippen LogP contribution is -2.28. The molecule has 0 unspecified atom stereocenters. The third-order valence-electron chi connectivity index (χ3n) is 4.75. The van der Waals surface area contributed by atoms with Crippen LogP contribution >= 0.6 is 11.6 Å².